The molecule has 0 heterocycles. The Hall–Kier alpha value is -1.58. The van der Waals surface area contributed by atoms with Gasteiger partial charge < -0.3 is 5.73 Å². The minimum absolute atomic E-state index is 0.0683. The number of carbonyl (C=O) groups is 1. The maximum atomic E-state index is 12.9. The van der Waals surface area contributed by atoms with Gasteiger partial charge in [-0.05, 0) is 35.9 Å². The number of Topliss-reactive ketones (excluding diaryl/α,β-unsaturated/α-hetero) is 1. The number of hydrogen-bond donors (Lipinski definition) is 1. The van der Waals surface area contributed by atoms with Crippen LogP contribution < -0.4 is 5.73 Å². The number of carbonyl (C=O) groups excluding carboxylic acids is 1. The van der Waals surface area contributed by atoms with Gasteiger partial charge >= 0.3 is 0 Å². The zero-order valence-corrected chi connectivity index (χ0v) is 11.3. The van der Waals surface area contributed by atoms with E-state index < -0.39 is 5.82 Å². The fourth-order valence-corrected chi connectivity index (χ4v) is 2.19. The lowest BCUT2D eigenvalue weighted by atomic mass is 10.0. The summed E-state index contributed by atoms with van der Waals surface area (Å²) in [5, 5.41) is 0.622. The monoisotopic (exact) mass is 297 g/mol. The topological polar surface area (TPSA) is 43.1 Å². The Kier molecular flexibility index (Phi) is 4.08. The summed E-state index contributed by atoms with van der Waals surface area (Å²) in [6.07, 6.45) is 0.0683. The van der Waals surface area contributed by atoms with Gasteiger partial charge in [0.2, 0.25) is 0 Å². The number of ketones is 1. The molecule has 0 saturated heterocycles. The molecular weight excluding hydrogens is 288 g/mol. The van der Waals surface area contributed by atoms with Gasteiger partial charge in [-0.2, -0.15) is 0 Å². The summed E-state index contributed by atoms with van der Waals surface area (Å²) in [5.41, 5.74) is 7.02. The van der Waals surface area contributed by atoms with Crippen molar-refractivity contribution >= 4 is 34.7 Å². The number of nitrogen functional groups attached to an aromatic ring is 1. The average Bonchev–Trinajstić information content (AvgIpc) is 2.31. The lowest BCUT2D eigenvalue weighted by Gasteiger charge is -2.05. The van der Waals surface area contributed by atoms with E-state index in [1.54, 1.807) is 12.1 Å². The Morgan fingerprint density at radius 1 is 1.16 bits per heavy atom. The molecule has 0 spiro atoms. The molecule has 0 radical (unpaired) electrons. The first-order valence-electron chi connectivity index (χ1n) is 5.49. The molecule has 0 amide bonds. The molecule has 0 bridgehead atoms. The molecule has 0 fully saturated rings. The van der Waals surface area contributed by atoms with E-state index in [-0.39, 0.29) is 17.2 Å². The summed E-state index contributed by atoms with van der Waals surface area (Å²) in [4.78, 5) is 12.1. The summed E-state index contributed by atoms with van der Waals surface area (Å²) >= 11 is 11.7. The van der Waals surface area contributed by atoms with E-state index in [1.165, 1.54) is 24.3 Å². The van der Waals surface area contributed by atoms with Crippen molar-refractivity contribution in [2.75, 3.05) is 5.73 Å². The van der Waals surface area contributed by atoms with Gasteiger partial charge in [0.25, 0.3) is 0 Å². The van der Waals surface area contributed by atoms with Crippen molar-refractivity contribution in [2.45, 2.75) is 6.42 Å². The smallest absolute Gasteiger partial charge is 0.167 e. The van der Waals surface area contributed by atoms with E-state index in [2.05, 4.69) is 0 Å². The van der Waals surface area contributed by atoms with Crippen LogP contribution in [0.2, 0.25) is 10.0 Å². The second-order valence-electron chi connectivity index (χ2n) is 4.11. The van der Waals surface area contributed by atoms with Crippen LogP contribution in [-0.2, 0) is 6.42 Å². The first kappa shape index (κ1) is 13.8. The van der Waals surface area contributed by atoms with Gasteiger partial charge in [-0.1, -0.05) is 29.3 Å². The minimum Gasteiger partial charge on any atom is -0.399 e. The van der Waals surface area contributed by atoms with E-state index in [0.717, 1.165) is 0 Å². The van der Waals surface area contributed by atoms with Crippen LogP contribution in [0.25, 0.3) is 0 Å². The fraction of sp³-hybridized carbons (Fsp3) is 0.0714. The van der Waals surface area contributed by atoms with E-state index in [4.69, 9.17) is 28.9 Å². The summed E-state index contributed by atoms with van der Waals surface area (Å²) in [6.45, 7) is 0. The SMILES string of the molecule is Nc1cc(Cl)cc(C(=O)Cc2ccc(F)cc2Cl)c1. The second kappa shape index (κ2) is 5.59. The molecule has 0 atom stereocenters. The molecule has 0 aliphatic rings. The van der Waals surface area contributed by atoms with Crippen LogP contribution >= 0.6 is 23.2 Å². The highest BCUT2D eigenvalue weighted by molar-refractivity contribution is 6.32. The lowest BCUT2D eigenvalue weighted by Crippen LogP contribution is -2.05. The van der Waals surface area contributed by atoms with E-state index in [1.807, 2.05) is 0 Å². The van der Waals surface area contributed by atoms with Crippen LogP contribution in [0, 0.1) is 5.82 Å². The minimum atomic E-state index is -0.437. The van der Waals surface area contributed by atoms with Crippen LogP contribution in [-0.4, -0.2) is 5.78 Å². The first-order chi connectivity index (χ1) is 8.95. The summed E-state index contributed by atoms with van der Waals surface area (Å²) < 4.78 is 12.9. The predicted molar refractivity (Wildman–Crippen MR) is 75.3 cm³/mol. The zero-order valence-electron chi connectivity index (χ0n) is 9.79. The molecule has 0 aliphatic heterocycles. The van der Waals surface area contributed by atoms with Gasteiger partial charge in [-0.3, -0.25) is 4.79 Å². The van der Waals surface area contributed by atoms with Crippen LogP contribution in [0.5, 0.6) is 0 Å². The summed E-state index contributed by atoms with van der Waals surface area (Å²) in [5.74, 6) is -0.615. The zero-order chi connectivity index (χ0) is 14.0. The first-order valence-corrected chi connectivity index (χ1v) is 6.24. The Morgan fingerprint density at radius 2 is 1.89 bits per heavy atom. The molecule has 2 rings (SSSR count). The van der Waals surface area contributed by atoms with Crippen molar-refractivity contribution in [1.29, 1.82) is 0 Å². The highest BCUT2D eigenvalue weighted by atomic mass is 35.5. The van der Waals surface area contributed by atoms with Crippen LogP contribution in [0.15, 0.2) is 36.4 Å². The molecule has 19 heavy (non-hydrogen) atoms. The van der Waals surface area contributed by atoms with Gasteiger partial charge in [-0.15, -0.1) is 0 Å². The second-order valence-corrected chi connectivity index (χ2v) is 4.95. The number of anilines is 1. The molecule has 2 N–H and O–H groups in total. The normalized spacial score (nSPS) is 10.5. The van der Waals surface area contributed by atoms with Gasteiger partial charge in [-0.25, -0.2) is 4.39 Å². The molecule has 2 nitrogen and oxygen atoms in total. The van der Waals surface area contributed by atoms with Crippen molar-refractivity contribution in [3.63, 3.8) is 0 Å². The molecule has 2 aromatic carbocycles. The van der Waals surface area contributed by atoms with Crippen LogP contribution in [0.3, 0.4) is 0 Å². The number of hydrogen-bond acceptors (Lipinski definition) is 2. The van der Waals surface area contributed by atoms with Gasteiger partial charge in [0, 0.05) is 27.7 Å². The predicted octanol–water partition coefficient (Wildman–Crippen LogP) is 4.14. The molecule has 5 heteroatoms. The van der Waals surface area contributed by atoms with Crippen molar-refractivity contribution in [3.8, 4) is 0 Å². The van der Waals surface area contributed by atoms with Crippen molar-refractivity contribution in [3.05, 3.63) is 63.4 Å². The lowest BCUT2D eigenvalue weighted by molar-refractivity contribution is 0.0993. The molecule has 0 aromatic heterocycles. The number of benzene rings is 2. The molecule has 98 valence electrons. The third-order valence-corrected chi connectivity index (χ3v) is 3.18. The maximum absolute atomic E-state index is 12.9. The van der Waals surface area contributed by atoms with Crippen molar-refractivity contribution < 1.29 is 9.18 Å². The average molecular weight is 298 g/mol. The number of halogens is 3. The van der Waals surface area contributed by atoms with Crippen molar-refractivity contribution in [2.24, 2.45) is 0 Å². The Labute approximate surface area is 119 Å². The molecular formula is C14H10Cl2FNO. The van der Waals surface area contributed by atoms with Gasteiger partial charge in [0.1, 0.15) is 5.82 Å². The van der Waals surface area contributed by atoms with Crippen LogP contribution in [0.4, 0.5) is 10.1 Å². The quantitative estimate of drug-likeness (QED) is 0.683. The van der Waals surface area contributed by atoms with Gasteiger partial charge in [0.15, 0.2) is 5.78 Å². The van der Waals surface area contributed by atoms with Gasteiger partial charge in [0.05, 0.1) is 0 Å². The third kappa shape index (κ3) is 3.46. The van der Waals surface area contributed by atoms with E-state index in [0.29, 0.717) is 21.8 Å². The third-order valence-electron chi connectivity index (χ3n) is 2.61. The van der Waals surface area contributed by atoms with E-state index >= 15 is 0 Å². The standard InChI is InChI=1S/C14H10Cl2FNO/c15-10-3-9(4-12(18)6-10)14(19)5-8-1-2-11(17)7-13(8)16/h1-4,6-7H,5,18H2. The Bertz CT molecular complexity index is 623. The molecule has 2 aromatic rings. The van der Waals surface area contributed by atoms with Crippen LogP contribution in [0.1, 0.15) is 15.9 Å². The molecule has 0 aliphatic carbocycles. The largest absolute Gasteiger partial charge is 0.399 e. The highest BCUT2D eigenvalue weighted by Gasteiger charge is 2.11. The summed E-state index contributed by atoms with van der Waals surface area (Å²) in [7, 11) is 0. The van der Waals surface area contributed by atoms with E-state index in [9.17, 15) is 9.18 Å². The Balaban J connectivity index is 2.25. The highest BCUT2D eigenvalue weighted by Crippen LogP contribution is 2.21. The molecule has 0 saturated carbocycles. The number of nitrogens with two attached hydrogens (primary N) is 1. The number of rotatable bonds is 3. The molecule has 0 unspecified atom stereocenters. The Morgan fingerprint density at radius 3 is 2.53 bits per heavy atom. The van der Waals surface area contributed by atoms with Crippen molar-refractivity contribution in [1.82, 2.24) is 0 Å². The summed E-state index contributed by atoms with van der Waals surface area (Å²) in [6, 6.07) is 8.58. The maximum Gasteiger partial charge on any atom is 0.167 e. The fourth-order valence-electron chi connectivity index (χ4n) is 1.71.